The first-order valence-corrected chi connectivity index (χ1v) is 6.15. The van der Waals surface area contributed by atoms with Crippen LogP contribution >= 0.6 is 15.9 Å². The molecule has 0 fully saturated rings. The molecule has 2 rings (SSSR count). The van der Waals surface area contributed by atoms with Gasteiger partial charge in [0.15, 0.2) is 0 Å². The van der Waals surface area contributed by atoms with Gasteiger partial charge in [-0.2, -0.15) is 0 Å². The van der Waals surface area contributed by atoms with Crippen molar-refractivity contribution in [1.29, 1.82) is 0 Å². The van der Waals surface area contributed by atoms with Gasteiger partial charge in [-0.1, -0.05) is 15.9 Å². The summed E-state index contributed by atoms with van der Waals surface area (Å²) in [5.74, 6) is 1.67. The van der Waals surface area contributed by atoms with Gasteiger partial charge in [0.25, 0.3) is 0 Å². The minimum absolute atomic E-state index is 0.737. The Bertz CT molecular complexity index is 535. The highest BCUT2D eigenvalue weighted by molar-refractivity contribution is 9.10. The molecule has 0 aromatic heterocycles. The van der Waals surface area contributed by atoms with Crippen LogP contribution in [0.4, 0.5) is 5.69 Å². The highest BCUT2D eigenvalue weighted by Crippen LogP contribution is 2.30. The Kier molecular flexibility index (Phi) is 3.38. The van der Waals surface area contributed by atoms with Gasteiger partial charge in [-0.3, -0.25) is 0 Å². The maximum absolute atomic E-state index is 5.82. The molecule has 2 nitrogen and oxygen atoms in total. The van der Waals surface area contributed by atoms with Gasteiger partial charge in [0.1, 0.15) is 11.5 Å². The Morgan fingerprint density at radius 1 is 1.00 bits per heavy atom. The van der Waals surface area contributed by atoms with Gasteiger partial charge < -0.3 is 10.5 Å². The second-order valence-corrected chi connectivity index (χ2v) is 4.89. The minimum Gasteiger partial charge on any atom is -0.457 e. The fraction of sp³-hybridized carbons (Fsp3) is 0.143. The molecule has 0 saturated carbocycles. The summed E-state index contributed by atoms with van der Waals surface area (Å²) in [5, 5.41) is 0. The van der Waals surface area contributed by atoms with Crippen LogP contribution in [-0.2, 0) is 0 Å². The molecule has 0 spiro atoms. The van der Waals surface area contributed by atoms with Crippen molar-refractivity contribution < 1.29 is 4.74 Å². The van der Waals surface area contributed by atoms with Crippen molar-refractivity contribution in [3.05, 3.63) is 52.0 Å². The number of aryl methyl sites for hydroxylation is 2. The SMILES string of the molecule is Cc1cc(Oc2ccc(N)cc2)c(C)cc1Br. The number of ether oxygens (including phenoxy) is 1. The number of hydrogen-bond donors (Lipinski definition) is 1. The fourth-order valence-electron chi connectivity index (χ4n) is 1.53. The third-order valence-electron chi connectivity index (χ3n) is 2.56. The van der Waals surface area contributed by atoms with E-state index in [0.717, 1.165) is 32.8 Å². The van der Waals surface area contributed by atoms with E-state index in [4.69, 9.17) is 10.5 Å². The fourth-order valence-corrected chi connectivity index (χ4v) is 1.99. The minimum atomic E-state index is 0.737. The summed E-state index contributed by atoms with van der Waals surface area (Å²) >= 11 is 3.50. The summed E-state index contributed by atoms with van der Waals surface area (Å²) in [6, 6.07) is 11.5. The molecule has 0 aliphatic carbocycles. The topological polar surface area (TPSA) is 35.2 Å². The van der Waals surface area contributed by atoms with Gasteiger partial charge in [0, 0.05) is 10.2 Å². The van der Waals surface area contributed by atoms with Gasteiger partial charge in [-0.15, -0.1) is 0 Å². The van der Waals surface area contributed by atoms with Crippen molar-refractivity contribution in [1.82, 2.24) is 0 Å². The number of benzene rings is 2. The van der Waals surface area contributed by atoms with Gasteiger partial charge in [-0.05, 0) is 61.4 Å². The molecule has 0 amide bonds. The van der Waals surface area contributed by atoms with Crippen molar-refractivity contribution in [2.45, 2.75) is 13.8 Å². The zero-order chi connectivity index (χ0) is 12.4. The largest absolute Gasteiger partial charge is 0.457 e. The van der Waals surface area contributed by atoms with E-state index in [1.54, 1.807) is 0 Å². The molecule has 2 N–H and O–H groups in total. The Hall–Kier alpha value is -1.48. The second-order valence-electron chi connectivity index (χ2n) is 4.04. The zero-order valence-corrected chi connectivity index (χ0v) is 11.4. The molecule has 17 heavy (non-hydrogen) atoms. The number of nitrogen functional groups attached to an aromatic ring is 1. The first-order chi connectivity index (χ1) is 8.06. The van der Waals surface area contributed by atoms with Crippen molar-refractivity contribution in [3.63, 3.8) is 0 Å². The predicted octanol–water partition coefficient (Wildman–Crippen LogP) is 4.44. The molecule has 88 valence electrons. The van der Waals surface area contributed by atoms with E-state index in [0.29, 0.717) is 0 Å². The molecule has 0 aliphatic heterocycles. The van der Waals surface area contributed by atoms with Crippen molar-refractivity contribution in [3.8, 4) is 11.5 Å². The van der Waals surface area contributed by atoms with E-state index >= 15 is 0 Å². The van der Waals surface area contributed by atoms with Crippen LogP contribution in [0.1, 0.15) is 11.1 Å². The zero-order valence-electron chi connectivity index (χ0n) is 9.83. The van der Waals surface area contributed by atoms with Crippen LogP contribution in [0.2, 0.25) is 0 Å². The number of nitrogens with two attached hydrogens (primary N) is 1. The smallest absolute Gasteiger partial charge is 0.130 e. The van der Waals surface area contributed by atoms with Gasteiger partial charge in [0.05, 0.1) is 0 Å². The number of rotatable bonds is 2. The third kappa shape index (κ3) is 2.80. The summed E-state index contributed by atoms with van der Waals surface area (Å²) in [6.45, 7) is 4.07. The molecule has 0 radical (unpaired) electrons. The highest BCUT2D eigenvalue weighted by atomic mass is 79.9. The standard InChI is InChI=1S/C14H14BrNO/c1-9-8-14(10(2)7-13(9)15)17-12-5-3-11(16)4-6-12/h3-8H,16H2,1-2H3. The normalized spacial score (nSPS) is 10.3. The molecule has 3 heteroatoms. The average molecular weight is 292 g/mol. The van der Waals surface area contributed by atoms with E-state index in [2.05, 4.69) is 22.0 Å². The molecule has 0 saturated heterocycles. The average Bonchev–Trinajstić information content (AvgIpc) is 2.29. The molecule has 0 aliphatic rings. The predicted molar refractivity (Wildman–Crippen MR) is 74.5 cm³/mol. The van der Waals surface area contributed by atoms with Crippen LogP contribution in [0.5, 0.6) is 11.5 Å². The van der Waals surface area contributed by atoms with Crippen LogP contribution in [0.15, 0.2) is 40.9 Å². The monoisotopic (exact) mass is 291 g/mol. The lowest BCUT2D eigenvalue weighted by Crippen LogP contribution is -1.90. The number of anilines is 1. The molecule has 0 atom stereocenters. The Balaban J connectivity index is 2.30. The van der Waals surface area contributed by atoms with Crippen molar-refractivity contribution >= 4 is 21.6 Å². The summed E-state index contributed by atoms with van der Waals surface area (Å²) in [7, 11) is 0. The van der Waals surface area contributed by atoms with Gasteiger partial charge in [0.2, 0.25) is 0 Å². The van der Waals surface area contributed by atoms with Gasteiger partial charge in [-0.25, -0.2) is 0 Å². The van der Waals surface area contributed by atoms with Crippen molar-refractivity contribution in [2.75, 3.05) is 5.73 Å². The van der Waals surface area contributed by atoms with E-state index in [-0.39, 0.29) is 0 Å². The Morgan fingerprint density at radius 3 is 2.29 bits per heavy atom. The van der Waals surface area contributed by atoms with E-state index in [1.807, 2.05) is 44.2 Å². The molecular weight excluding hydrogens is 278 g/mol. The highest BCUT2D eigenvalue weighted by Gasteiger charge is 2.05. The maximum atomic E-state index is 5.82. The first-order valence-electron chi connectivity index (χ1n) is 5.36. The quantitative estimate of drug-likeness (QED) is 0.830. The summed E-state index contributed by atoms with van der Waals surface area (Å²) in [5.41, 5.74) is 8.62. The molecule has 0 unspecified atom stereocenters. The third-order valence-corrected chi connectivity index (χ3v) is 3.42. The number of halogens is 1. The van der Waals surface area contributed by atoms with E-state index < -0.39 is 0 Å². The van der Waals surface area contributed by atoms with E-state index in [1.165, 1.54) is 0 Å². The number of hydrogen-bond acceptors (Lipinski definition) is 2. The molecule has 2 aromatic carbocycles. The molecule has 0 heterocycles. The lowest BCUT2D eigenvalue weighted by molar-refractivity contribution is 0.478. The lowest BCUT2D eigenvalue weighted by atomic mass is 10.1. The van der Waals surface area contributed by atoms with E-state index in [9.17, 15) is 0 Å². The molecular formula is C14H14BrNO. The molecule has 0 bridgehead atoms. The van der Waals surface area contributed by atoms with Crippen LogP contribution in [0.3, 0.4) is 0 Å². The first kappa shape index (κ1) is 12.0. The van der Waals surface area contributed by atoms with Crippen molar-refractivity contribution in [2.24, 2.45) is 0 Å². The summed E-state index contributed by atoms with van der Waals surface area (Å²) < 4.78 is 6.92. The van der Waals surface area contributed by atoms with Crippen LogP contribution in [0.25, 0.3) is 0 Å². The van der Waals surface area contributed by atoms with Crippen LogP contribution in [-0.4, -0.2) is 0 Å². The maximum Gasteiger partial charge on any atom is 0.130 e. The Morgan fingerprint density at radius 2 is 1.65 bits per heavy atom. The van der Waals surface area contributed by atoms with Crippen LogP contribution in [0, 0.1) is 13.8 Å². The molecule has 2 aromatic rings. The van der Waals surface area contributed by atoms with Crippen LogP contribution < -0.4 is 10.5 Å². The Labute approximate surface area is 110 Å². The summed E-state index contributed by atoms with van der Waals surface area (Å²) in [4.78, 5) is 0. The summed E-state index contributed by atoms with van der Waals surface area (Å²) in [6.07, 6.45) is 0. The van der Waals surface area contributed by atoms with Gasteiger partial charge >= 0.3 is 0 Å². The second kappa shape index (κ2) is 4.80. The lowest BCUT2D eigenvalue weighted by Gasteiger charge is -2.11.